The van der Waals surface area contributed by atoms with Crippen LogP contribution in [0.5, 0.6) is 0 Å². The Balaban J connectivity index is 1.30. The van der Waals surface area contributed by atoms with E-state index in [1.807, 2.05) is 18.2 Å². The highest BCUT2D eigenvalue weighted by atomic mass is 19.1. The molecule has 0 amide bonds. The number of benzene rings is 2. The summed E-state index contributed by atoms with van der Waals surface area (Å²) < 4.78 is 24.5. The molecule has 4 aromatic rings. The average Bonchev–Trinajstić information content (AvgIpc) is 3.47. The van der Waals surface area contributed by atoms with Gasteiger partial charge in [-0.1, -0.05) is 17.3 Å². The normalized spacial score (nSPS) is 17.2. The SMILES string of the molecule is C[C@@H]1CCCN1CCc1cc2cc(-c3noc(Cc4ccc(F)cc4)n3)ccc2o1. The summed E-state index contributed by atoms with van der Waals surface area (Å²) in [6, 6.07) is 15.0. The molecular weight excluding hydrogens is 381 g/mol. The number of rotatable bonds is 6. The van der Waals surface area contributed by atoms with Crippen LogP contribution < -0.4 is 0 Å². The lowest BCUT2D eigenvalue weighted by molar-refractivity contribution is 0.266. The van der Waals surface area contributed by atoms with Crippen molar-refractivity contribution in [2.24, 2.45) is 0 Å². The number of hydrogen-bond acceptors (Lipinski definition) is 5. The number of furan rings is 1. The van der Waals surface area contributed by atoms with Crippen molar-refractivity contribution in [2.75, 3.05) is 13.1 Å². The minimum absolute atomic E-state index is 0.257. The third-order valence-electron chi connectivity index (χ3n) is 5.90. The molecule has 0 spiro atoms. The molecule has 1 aliphatic rings. The van der Waals surface area contributed by atoms with Crippen molar-refractivity contribution >= 4 is 11.0 Å². The molecule has 2 aromatic carbocycles. The number of fused-ring (bicyclic) bond motifs is 1. The van der Waals surface area contributed by atoms with Gasteiger partial charge in [-0.05, 0) is 68.3 Å². The Morgan fingerprint density at radius 3 is 2.80 bits per heavy atom. The molecule has 5 nitrogen and oxygen atoms in total. The molecule has 0 aliphatic carbocycles. The summed E-state index contributed by atoms with van der Waals surface area (Å²) in [6.07, 6.45) is 3.97. The van der Waals surface area contributed by atoms with Gasteiger partial charge in [-0.15, -0.1) is 0 Å². The van der Waals surface area contributed by atoms with Gasteiger partial charge in [0.05, 0.1) is 6.42 Å². The molecule has 1 atom stereocenters. The fraction of sp³-hybridized carbons (Fsp3) is 0.333. The fourth-order valence-electron chi connectivity index (χ4n) is 4.16. The summed E-state index contributed by atoms with van der Waals surface area (Å²) in [5.41, 5.74) is 2.68. The third-order valence-corrected chi connectivity index (χ3v) is 5.90. The van der Waals surface area contributed by atoms with E-state index in [0.29, 0.717) is 24.2 Å². The Morgan fingerprint density at radius 2 is 2.00 bits per heavy atom. The molecule has 0 bridgehead atoms. The predicted octanol–water partition coefficient (Wildman–Crippen LogP) is 5.24. The van der Waals surface area contributed by atoms with Crippen LogP contribution in [0.15, 0.2) is 57.5 Å². The first-order chi connectivity index (χ1) is 14.6. The lowest BCUT2D eigenvalue weighted by atomic mass is 10.1. The van der Waals surface area contributed by atoms with Gasteiger partial charge in [0, 0.05) is 30.0 Å². The van der Waals surface area contributed by atoms with E-state index in [-0.39, 0.29) is 5.82 Å². The van der Waals surface area contributed by atoms with Crippen molar-refractivity contribution in [3.05, 3.63) is 71.6 Å². The van der Waals surface area contributed by atoms with Crippen LogP contribution in [0.1, 0.15) is 37.0 Å². The number of aromatic nitrogens is 2. The van der Waals surface area contributed by atoms with Gasteiger partial charge in [-0.2, -0.15) is 4.98 Å². The van der Waals surface area contributed by atoms with Crippen molar-refractivity contribution in [1.82, 2.24) is 15.0 Å². The maximum Gasteiger partial charge on any atom is 0.231 e. The maximum absolute atomic E-state index is 13.1. The fourth-order valence-corrected chi connectivity index (χ4v) is 4.16. The Morgan fingerprint density at radius 1 is 1.13 bits per heavy atom. The zero-order chi connectivity index (χ0) is 20.5. The van der Waals surface area contributed by atoms with Gasteiger partial charge in [-0.25, -0.2) is 4.39 Å². The van der Waals surface area contributed by atoms with E-state index in [1.165, 1.54) is 31.5 Å². The summed E-state index contributed by atoms with van der Waals surface area (Å²) in [5, 5.41) is 5.16. The van der Waals surface area contributed by atoms with E-state index < -0.39 is 0 Å². The van der Waals surface area contributed by atoms with E-state index >= 15 is 0 Å². The van der Waals surface area contributed by atoms with Gasteiger partial charge in [0.1, 0.15) is 17.2 Å². The quantitative estimate of drug-likeness (QED) is 0.439. The summed E-state index contributed by atoms with van der Waals surface area (Å²) in [4.78, 5) is 7.03. The molecule has 0 unspecified atom stereocenters. The molecule has 0 N–H and O–H groups in total. The Labute approximate surface area is 174 Å². The molecular formula is C24H24FN3O2. The molecule has 3 heterocycles. The van der Waals surface area contributed by atoms with Crippen LogP contribution in [-0.4, -0.2) is 34.2 Å². The van der Waals surface area contributed by atoms with Crippen LogP contribution >= 0.6 is 0 Å². The Hall–Kier alpha value is -2.99. The largest absolute Gasteiger partial charge is 0.461 e. The number of likely N-dealkylation sites (tertiary alicyclic amines) is 1. The number of halogens is 1. The van der Waals surface area contributed by atoms with Crippen LogP contribution in [-0.2, 0) is 12.8 Å². The highest BCUT2D eigenvalue weighted by Crippen LogP contribution is 2.26. The van der Waals surface area contributed by atoms with E-state index in [0.717, 1.165) is 40.8 Å². The van der Waals surface area contributed by atoms with Crippen LogP contribution in [0.3, 0.4) is 0 Å². The summed E-state index contributed by atoms with van der Waals surface area (Å²) >= 11 is 0. The molecule has 1 saturated heterocycles. The third kappa shape index (κ3) is 4.00. The summed E-state index contributed by atoms with van der Waals surface area (Å²) in [5.74, 6) is 1.80. The monoisotopic (exact) mass is 405 g/mol. The van der Waals surface area contributed by atoms with Crippen LogP contribution in [0.25, 0.3) is 22.4 Å². The summed E-state index contributed by atoms with van der Waals surface area (Å²) in [7, 11) is 0. The molecule has 0 radical (unpaired) electrons. The minimum atomic E-state index is -0.257. The zero-order valence-corrected chi connectivity index (χ0v) is 17.0. The van der Waals surface area contributed by atoms with E-state index in [4.69, 9.17) is 8.94 Å². The van der Waals surface area contributed by atoms with Crippen LogP contribution in [0.4, 0.5) is 4.39 Å². The lowest BCUT2D eigenvalue weighted by Gasteiger charge is -2.19. The highest BCUT2D eigenvalue weighted by Gasteiger charge is 2.20. The molecule has 1 aliphatic heterocycles. The van der Waals surface area contributed by atoms with Crippen molar-refractivity contribution in [2.45, 2.75) is 38.6 Å². The second kappa shape index (κ2) is 8.03. The predicted molar refractivity (Wildman–Crippen MR) is 113 cm³/mol. The van der Waals surface area contributed by atoms with Gasteiger partial charge in [0.25, 0.3) is 0 Å². The Kier molecular flexibility index (Phi) is 5.09. The first kappa shape index (κ1) is 19.0. The van der Waals surface area contributed by atoms with Crippen molar-refractivity contribution < 1.29 is 13.3 Å². The van der Waals surface area contributed by atoms with Crippen LogP contribution in [0.2, 0.25) is 0 Å². The molecule has 30 heavy (non-hydrogen) atoms. The zero-order valence-electron chi connectivity index (χ0n) is 17.0. The Bertz CT molecular complexity index is 1150. The number of nitrogens with zero attached hydrogens (tertiary/aromatic N) is 3. The van der Waals surface area contributed by atoms with Gasteiger partial charge in [0.15, 0.2) is 0 Å². The minimum Gasteiger partial charge on any atom is -0.461 e. The van der Waals surface area contributed by atoms with Crippen molar-refractivity contribution in [1.29, 1.82) is 0 Å². The second-order valence-corrected chi connectivity index (χ2v) is 8.06. The van der Waals surface area contributed by atoms with Gasteiger partial charge in [0.2, 0.25) is 11.7 Å². The van der Waals surface area contributed by atoms with Crippen molar-refractivity contribution in [3.8, 4) is 11.4 Å². The van der Waals surface area contributed by atoms with Gasteiger partial charge >= 0.3 is 0 Å². The number of hydrogen-bond donors (Lipinski definition) is 0. The molecule has 2 aromatic heterocycles. The average molecular weight is 405 g/mol. The van der Waals surface area contributed by atoms with E-state index in [2.05, 4.69) is 28.0 Å². The van der Waals surface area contributed by atoms with Gasteiger partial charge < -0.3 is 13.8 Å². The maximum atomic E-state index is 13.1. The topological polar surface area (TPSA) is 55.3 Å². The molecule has 5 rings (SSSR count). The smallest absolute Gasteiger partial charge is 0.231 e. The molecule has 154 valence electrons. The standard InChI is InChI=1S/C24H24FN3O2/c1-16-3-2-11-28(16)12-10-21-15-19-14-18(6-9-22(19)29-21)24-26-23(30-27-24)13-17-4-7-20(25)8-5-17/h4-9,14-16H,2-3,10-13H2,1H3/t16-/m1/s1. The van der Waals surface area contributed by atoms with E-state index in [9.17, 15) is 4.39 Å². The molecule has 1 fully saturated rings. The molecule has 0 saturated carbocycles. The molecule has 6 heteroatoms. The van der Waals surface area contributed by atoms with Crippen LogP contribution in [0, 0.1) is 5.82 Å². The second-order valence-electron chi connectivity index (χ2n) is 8.06. The highest BCUT2D eigenvalue weighted by molar-refractivity contribution is 5.82. The first-order valence-corrected chi connectivity index (χ1v) is 10.5. The van der Waals surface area contributed by atoms with Gasteiger partial charge in [-0.3, -0.25) is 0 Å². The summed E-state index contributed by atoms with van der Waals surface area (Å²) in [6.45, 7) is 4.52. The lowest BCUT2D eigenvalue weighted by Crippen LogP contribution is -2.28. The van der Waals surface area contributed by atoms with E-state index in [1.54, 1.807) is 12.1 Å². The first-order valence-electron chi connectivity index (χ1n) is 10.5. The van der Waals surface area contributed by atoms with Crippen molar-refractivity contribution in [3.63, 3.8) is 0 Å².